The molecule has 7 heteroatoms. The summed E-state index contributed by atoms with van der Waals surface area (Å²) in [6.07, 6.45) is 1.72. The lowest BCUT2D eigenvalue weighted by Crippen LogP contribution is -2.46. The van der Waals surface area contributed by atoms with Crippen LogP contribution in [0, 0.1) is 5.92 Å². The Bertz CT molecular complexity index is 501. The topological polar surface area (TPSA) is 75.4 Å². The molecule has 3 N–H and O–H groups in total. The van der Waals surface area contributed by atoms with Crippen molar-refractivity contribution in [1.29, 1.82) is 0 Å². The van der Waals surface area contributed by atoms with E-state index in [9.17, 15) is 9.59 Å². The van der Waals surface area contributed by atoms with Gasteiger partial charge in [-0.1, -0.05) is 18.2 Å². The van der Waals surface area contributed by atoms with E-state index in [2.05, 4.69) is 5.32 Å². The van der Waals surface area contributed by atoms with Crippen molar-refractivity contribution < 1.29 is 9.59 Å². The lowest BCUT2D eigenvalue weighted by Gasteiger charge is -2.32. The van der Waals surface area contributed by atoms with Gasteiger partial charge in [-0.3, -0.25) is 9.59 Å². The van der Waals surface area contributed by atoms with Gasteiger partial charge >= 0.3 is 0 Å². The van der Waals surface area contributed by atoms with E-state index in [0.717, 1.165) is 24.3 Å². The molecule has 0 aromatic heterocycles. The zero-order chi connectivity index (χ0) is 15.8. The maximum Gasteiger partial charge on any atom is 0.232 e. The van der Waals surface area contributed by atoms with Crippen LogP contribution in [0.2, 0.25) is 0 Å². The smallest absolute Gasteiger partial charge is 0.232 e. The van der Waals surface area contributed by atoms with E-state index in [0.29, 0.717) is 25.4 Å². The van der Waals surface area contributed by atoms with Crippen LogP contribution < -0.4 is 11.1 Å². The van der Waals surface area contributed by atoms with Crippen LogP contribution in [0.4, 0.5) is 0 Å². The summed E-state index contributed by atoms with van der Waals surface area (Å²) in [6, 6.07) is 9.88. The molecule has 2 rings (SSSR count). The minimum atomic E-state index is -0.106. The van der Waals surface area contributed by atoms with Crippen molar-refractivity contribution in [2.75, 3.05) is 31.9 Å². The van der Waals surface area contributed by atoms with Crippen LogP contribution in [0.1, 0.15) is 12.8 Å². The van der Waals surface area contributed by atoms with E-state index in [4.69, 9.17) is 5.73 Å². The van der Waals surface area contributed by atoms with Gasteiger partial charge in [0, 0.05) is 31.1 Å². The predicted octanol–water partition coefficient (Wildman–Crippen LogP) is 1.51. The van der Waals surface area contributed by atoms with Crippen LogP contribution in [0.3, 0.4) is 0 Å². The predicted molar refractivity (Wildman–Crippen MR) is 95.8 cm³/mol. The fourth-order valence-electron chi connectivity index (χ4n) is 2.51. The molecule has 1 aromatic rings. The van der Waals surface area contributed by atoms with Crippen LogP contribution in [0.5, 0.6) is 0 Å². The number of benzene rings is 1. The number of thioether (sulfide) groups is 1. The fraction of sp³-hybridized carbons (Fsp3) is 0.500. The number of nitrogens with one attached hydrogen (secondary N) is 1. The Labute approximate surface area is 147 Å². The van der Waals surface area contributed by atoms with Gasteiger partial charge in [0.25, 0.3) is 0 Å². The number of carbonyl (C=O) groups is 2. The third kappa shape index (κ3) is 6.41. The summed E-state index contributed by atoms with van der Waals surface area (Å²) in [6.45, 7) is 2.20. The summed E-state index contributed by atoms with van der Waals surface area (Å²) in [4.78, 5) is 27.2. The Balaban J connectivity index is 0.00000264. The third-order valence-electron chi connectivity index (χ3n) is 3.69. The van der Waals surface area contributed by atoms with Crippen LogP contribution in [0.15, 0.2) is 35.2 Å². The molecule has 5 nitrogen and oxygen atoms in total. The van der Waals surface area contributed by atoms with Gasteiger partial charge in [-0.2, -0.15) is 0 Å². The van der Waals surface area contributed by atoms with E-state index in [1.807, 2.05) is 35.2 Å². The normalized spacial score (nSPS) is 17.3. The van der Waals surface area contributed by atoms with Crippen molar-refractivity contribution in [3.8, 4) is 0 Å². The van der Waals surface area contributed by atoms with Crippen molar-refractivity contribution in [3.63, 3.8) is 0 Å². The van der Waals surface area contributed by atoms with Crippen molar-refractivity contribution in [1.82, 2.24) is 10.2 Å². The van der Waals surface area contributed by atoms with E-state index < -0.39 is 0 Å². The zero-order valence-electron chi connectivity index (χ0n) is 13.1. The van der Waals surface area contributed by atoms with Crippen LogP contribution in [-0.4, -0.2) is 48.6 Å². The van der Waals surface area contributed by atoms with E-state index in [1.165, 1.54) is 11.8 Å². The SMILES string of the molecule is Cl.NCCNC(=O)C1CCCN(C(=O)CSc2ccccc2)C1. The molecular formula is C16H24ClN3O2S. The molecule has 0 aliphatic carbocycles. The molecule has 1 aliphatic rings. The van der Waals surface area contributed by atoms with Gasteiger partial charge in [0.1, 0.15) is 0 Å². The first-order valence-electron chi connectivity index (χ1n) is 7.64. The second kappa shape index (κ2) is 10.5. The summed E-state index contributed by atoms with van der Waals surface area (Å²) in [5.74, 6) is 0.427. The molecule has 0 saturated carbocycles. The maximum absolute atomic E-state index is 12.3. The number of likely N-dealkylation sites (tertiary alicyclic amines) is 1. The molecule has 1 aromatic carbocycles. The number of nitrogens with two attached hydrogens (primary N) is 1. The van der Waals surface area contributed by atoms with Crippen LogP contribution in [-0.2, 0) is 9.59 Å². The van der Waals surface area contributed by atoms with Crippen LogP contribution >= 0.6 is 24.2 Å². The third-order valence-corrected chi connectivity index (χ3v) is 4.69. The number of rotatable bonds is 6. The maximum atomic E-state index is 12.3. The van der Waals surface area contributed by atoms with Crippen LogP contribution in [0.25, 0.3) is 0 Å². The quantitative estimate of drug-likeness (QED) is 0.757. The highest BCUT2D eigenvalue weighted by Crippen LogP contribution is 2.21. The Morgan fingerprint density at radius 2 is 2.04 bits per heavy atom. The summed E-state index contributed by atoms with van der Waals surface area (Å²) in [5.41, 5.74) is 5.39. The summed E-state index contributed by atoms with van der Waals surface area (Å²) < 4.78 is 0. The monoisotopic (exact) mass is 357 g/mol. The number of carbonyl (C=O) groups excluding carboxylic acids is 2. The number of piperidine rings is 1. The first-order valence-corrected chi connectivity index (χ1v) is 8.62. The fourth-order valence-corrected chi connectivity index (χ4v) is 3.33. The molecule has 1 saturated heterocycles. The average Bonchev–Trinajstić information content (AvgIpc) is 2.58. The molecule has 0 bridgehead atoms. The van der Waals surface area contributed by atoms with Gasteiger partial charge in [0.05, 0.1) is 11.7 Å². The van der Waals surface area contributed by atoms with Crippen molar-refractivity contribution in [2.45, 2.75) is 17.7 Å². The van der Waals surface area contributed by atoms with Gasteiger partial charge < -0.3 is 16.0 Å². The number of halogens is 1. The lowest BCUT2D eigenvalue weighted by atomic mass is 9.97. The molecule has 1 unspecified atom stereocenters. The second-order valence-corrected chi connectivity index (χ2v) is 6.41. The number of hydrogen-bond donors (Lipinski definition) is 2. The van der Waals surface area contributed by atoms with Gasteiger partial charge in [-0.15, -0.1) is 24.2 Å². The molecule has 23 heavy (non-hydrogen) atoms. The largest absolute Gasteiger partial charge is 0.355 e. The lowest BCUT2D eigenvalue weighted by molar-refractivity contribution is -0.133. The van der Waals surface area contributed by atoms with E-state index >= 15 is 0 Å². The Kier molecular flexibility index (Phi) is 9.06. The Morgan fingerprint density at radius 1 is 1.30 bits per heavy atom. The Morgan fingerprint density at radius 3 is 2.74 bits per heavy atom. The van der Waals surface area contributed by atoms with Gasteiger partial charge in [-0.05, 0) is 25.0 Å². The van der Waals surface area contributed by atoms with Gasteiger partial charge in [0.2, 0.25) is 11.8 Å². The minimum Gasteiger partial charge on any atom is -0.355 e. The second-order valence-electron chi connectivity index (χ2n) is 5.36. The molecule has 1 atom stereocenters. The van der Waals surface area contributed by atoms with E-state index in [1.54, 1.807) is 0 Å². The van der Waals surface area contributed by atoms with Gasteiger partial charge in [0.15, 0.2) is 0 Å². The summed E-state index contributed by atoms with van der Waals surface area (Å²) >= 11 is 1.54. The number of nitrogens with zero attached hydrogens (tertiary/aromatic N) is 1. The summed E-state index contributed by atoms with van der Waals surface area (Å²) in [7, 11) is 0. The average molecular weight is 358 g/mol. The zero-order valence-corrected chi connectivity index (χ0v) is 14.7. The molecule has 0 radical (unpaired) electrons. The molecule has 1 heterocycles. The van der Waals surface area contributed by atoms with Gasteiger partial charge in [-0.25, -0.2) is 0 Å². The number of amides is 2. The highest BCUT2D eigenvalue weighted by molar-refractivity contribution is 8.00. The van der Waals surface area contributed by atoms with Crippen molar-refractivity contribution in [3.05, 3.63) is 30.3 Å². The van der Waals surface area contributed by atoms with E-state index in [-0.39, 0.29) is 30.1 Å². The molecule has 0 spiro atoms. The number of hydrogen-bond acceptors (Lipinski definition) is 4. The first-order chi connectivity index (χ1) is 10.7. The molecule has 128 valence electrons. The van der Waals surface area contributed by atoms with Crippen molar-refractivity contribution in [2.24, 2.45) is 11.7 Å². The highest BCUT2D eigenvalue weighted by atomic mass is 35.5. The summed E-state index contributed by atoms with van der Waals surface area (Å²) in [5, 5.41) is 2.81. The first kappa shape index (κ1) is 19.8. The minimum absolute atomic E-state index is 0. The standard InChI is InChI=1S/C16H23N3O2S.ClH/c17-8-9-18-16(21)13-5-4-10-19(11-13)15(20)12-22-14-6-2-1-3-7-14;/h1-3,6-7,13H,4-5,8-12,17H2,(H,18,21);1H. The van der Waals surface area contributed by atoms with Crippen molar-refractivity contribution >= 4 is 36.0 Å². The Hall–Kier alpha value is -1.24. The highest BCUT2D eigenvalue weighted by Gasteiger charge is 2.27. The molecule has 1 fully saturated rings. The molecule has 1 aliphatic heterocycles. The molecular weight excluding hydrogens is 334 g/mol. The molecule has 2 amide bonds.